The molecule has 6 nitrogen and oxygen atoms in total. The third kappa shape index (κ3) is 3.72. The number of aromatic nitrogens is 1. The van der Waals surface area contributed by atoms with Crippen molar-refractivity contribution >= 4 is 27.0 Å². The summed E-state index contributed by atoms with van der Waals surface area (Å²) in [5, 5.41) is 9.14. The Balaban J connectivity index is 2.20. The third-order valence-corrected chi connectivity index (χ3v) is 5.76. The minimum Gasteiger partial charge on any atom is -0.478 e. The second kappa shape index (κ2) is 6.42. The van der Waals surface area contributed by atoms with Crippen LogP contribution in [0.15, 0.2) is 28.6 Å². The van der Waals surface area contributed by atoms with E-state index < -0.39 is 10.0 Å². The predicted molar refractivity (Wildman–Crippen MR) is 81.2 cm³/mol. The van der Waals surface area contributed by atoms with Crippen LogP contribution < -0.4 is 9.46 Å². The van der Waals surface area contributed by atoms with Crippen LogP contribution in [0.1, 0.15) is 17.4 Å². The zero-order valence-electron chi connectivity index (χ0n) is 11.7. The van der Waals surface area contributed by atoms with Crippen molar-refractivity contribution < 1.29 is 18.3 Å². The van der Waals surface area contributed by atoms with E-state index in [1.165, 1.54) is 6.20 Å². The monoisotopic (exact) mass is 328 g/mol. The first-order valence-electron chi connectivity index (χ1n) is 6.28. The molecule has 0 atom stereocenters. The summed E-state index contributed by atoms with van der Waals surface area (Å²) in [6, 6.07) is 4.73. The van der Waals surface area contributed by atoms with Crippen LogP contribution in [-0.2, 0) is 16.6 Å². The molecule has 0 unspecified atom stereocenters. The number of sulfonamides is 1. The first-order valence-corrected chi connectivity index (χ1v) is 8.58. The van der Waals surface area contributed by atoms with Crippen LogP contribution in [-0.4, -0.2) is 25.1 Å². The van der Waals surface area contributed by atoms with Gasteiger partial charge in [-0.15, -0.1) is 11.3 Å². The predicted octanol–water partition coefficient (Wildman–Crippen LogP) is 2.14. The molecule has 2 heterocycles. The van der Waals surface area contributed by atoms with E-state index in [1.54, 1.807) is 25.1 Å². The molecule has 0 radical (unpaired) electrons. The number of aliphatic hydroxyl groups is 1. The van der Waals surface area contributed by atoms with E-state index in [0.29, 0.717) is 23.1 Å². The lowest BCUT2D eigenvalue weighted by atomic mass is 10.3. The Hall–Kier alpha value is -1.64. The van der Waals surface area contributed by atoms with Gasteiger partial charge in [0.15, 0.2) is 0 Å². The Bertz CT molecular complexity index is 708. The summed E-state index contributed by atoms with van der Waals surface area (Å²) >= 11 is 1.05. The molecule has 114 valence electrons. The van der Waals surface area contributed by atoms with Gasteiger partial charge in [0, 0.05) is 10.9 Å². The van der Waals surface area contributed by atoms with Crippen molar-refractivity contribution in [3.05, 3.63) is 34.8 Å². The number of anilines is 1. The molecular weight excluding hydrogens is 312 g/mol. The van der Waals surface area contributed by atoms with Gasteiger partial charge in [0.05, 0.1) is 25.1 Å². The fourth-order valence-corrected chi connectivity index (χ4v) is 4.15. The summed E-state index contributed by atoms with van der Waals surface area (Å²) in [4.78, 5) is 4.64. The van der Waals surface area contributed by atoms with Gasteiger partial charge in [0.2, 0.25) is 5.88 Å². The Morgan fingerprint density at radius 2 is 2.19 bits per heavy atom. The average Bonchev–Trinajstić information content (AvgIpc) is 2.83. The maximum absolute atomic E-state index is 12.3. The molecule has 8 heteroatoms. The summed E-state index contributed by atoms with van der Waals surface area (Å²) in [6.07, 6.45) is 1.40. The highest BCUT2D eigenvalue weighted by Gasteiger charge is 2.19. The number of hydrogen-bond donors (Lipinski definition) is 2. The molecule has 0 saturated carbocycles. The summed E-state index contributed by atoms with van der Waals surface area (Å²) < 4.78 is 32.3. The quantitative estimate of drug-likeness (QED) is 0.848. The molecule has 0 aliphatic heterocycles. The molecule has 0 amide bonds. The fraction of sp³-hybridized carbons (Fsp3) is 0.308. The van der Waals surface area contributed by atoms with Gasteiger partial charge in [-0.05, 0) is 31.5 Å². The number of pyridine rings is 1. The van der Waals surface area contributed by atoms with Crippen molar-refractivity contribution in [1.29, 1.82) is 0 Å². The van der Waals surface area contributed by atoms with E-state index in [4.69, 9.17) is 9.84 Å². The van der Waals surface area contributed by atoms with E-state index in [0.717, 1.165) is 16.9 Å². The molecule has 0 aliphatic carbocycles. The second-order valence-electron chi connectivity index (χ2n) is 4.25. The van der Waals surface area contributed by atoms with Crippen molar-refractivity contribution in [2.24, 2.45) is 0 Å². The van der Waals surface area contributed by atoms with Crippen LogP contribution in [0, 0.1) is 6.92 Å². The zero-order chi connectivity index (χ0) is 15.5. The molecule has 0 aliphatic rings. The van der Waals surface area contributed by atoms with Crippen LogP contribution >= 0.6 is 11.3 Å². The molecule has 2 aromatic heterocycles. The molecule has 0 bridgehead atoms. The minimum absolute atomic E-state index is 0.165. The molecule has 2 rings (SSSR count). The molecule has 0 saturated heterocycles. The lowest BCUT2D eigenvalue weighted by molar-refractivity contribution is 0.285. The number of hydrogen-bond acceptors (Lipinski definition) is 6. The third-order valence-electron chi connectivity index (χ3n) is 2.69. The maximum Gasteiger partial charge on any atom is 0.271 e. The number of ether oxygens (including phenoxy) is 1. The normalized spacial score (nSPS) is 11.4. The van der Waals surface area contributed by atoms with Gasteiger partial charge in [-0.3, -0.25) is 4.72 Å². The number of thiophene rings is 1. The molecule has 0 fully saturated rings. The molecule has 0 aromatic carbocycles. The van der Waals surface area contributed by atoms with Crippen molar-refractivity contribution in [2.45, 2.75) is 24.7 Å². The van der Waals surface area contributed by atoms with Crippen molar-refractivity contribution in [1.82, 2.24) is 4.98 Å². The van der Waals surface area contributed by atoms with Gasteiger partial charge in [-0.1, -0.05) is 0 Å². The molecule has 0 spiro atoms. The van der Waals surface area contributed by atoms with Crippen LogP contribution in [0.3, 0.4) is 0 Å². The number of nitrogens with one attached hydrogen (secondary N) is 1. The summed E-state index contributed by atoms with van der Waals surface area (Å²) in [7, 11) is -3.67. The van der Waals surface area contributed by atoms with Crippen LogP contribution in [0.2, 0.25) is 0 Å². The van der Waals surface area contributed by atoms with Crippen LogP contribution in [0.4, 0.5) is 5.69 Å². The van der Waals surface area contributed by atoms with E-state index in [2.05, 4.69) is 9.71 Å². The van der Waals surface area contributed by atoms with Crippen LogP contribution in [0.25, 0.3) is 0 Å². The van der Waals surface area contributed by atoms with Gasteiger partial charge >= 0.3 is 0 Å². The van der Waals surface area contributed by atoms with E-state index in [-0.39, 0.29) is 10.8 Å². The van der Waals surface area contributed by atoms with Crippen molar-refractivity contribution in [3.63, 3.8) is 0 Å². The van der Waals surface area contributed by atoms with Gasteiger partial charge in [-0.25, -0.2) is 13.4 Å². The largest absolute Gasteiger partial charge is 0.478 e. The van der Waals surface area contributed by atoms with Crippen molar-refractivity contribution in [3.8, 4) is 5.88 Å². The first kappa shape index (κ1) is 15.7. The summed E-state index contributed by atoms with van der Waals surface area (Å²) in [5.41, 5.74) is 1.11. The van der Waals surface area contributed by atoms with Crippen molar-refractivity contribution in [2.75, 3.05) is 11.3 Å². The Labute approximate surface area is 127 Å². The zero-order valence-corrected chi connectivity index (χ0v) is 13.3. The highest BCUT2D eigenvalue weighted by molar-refractivity contribution is 7.94. The lowest BCUT2D eigenvalue weighted by Gasteiger charge is -2.07. The average molecular weight is 328 g/mol. The highest BCUT2D eigenvalue weighted by Crippen LogP contribution is 2.27. The number of aliphatic hydroxyl groups excluding tert-OH is 1. The molecular formula is C13H16N2O4S2. The van der Waals surface area contributed by atoms with Gasteiger partial charge < -0.3 is 9.84 Å². The molecule has 2 N–H and O–H groups in total. The second-order valence-corrected chi connectivity index (χ2v) is 7.30. The lowest BCUT2D eigenvalue weighted by Crippen LogP contribution is -2.11. The van der Waals surface area contributed by atoms with Gasteiger partial charge in [-0.2, -0.15) is 0 Å². The van der Waals surface area contributed by atoms with E-state index >= 15 is 0 Å². The number of aryl methyl sites for hydroxylation is 1. The van der Waals surface area contributed by atoms with E-state index in [9.17, 15) is 8.42 Å². The van der Waals surface area contributed by atoms with Gasteiger partial charge in [0.25, 0.3) is 10.0 Å². The minimum atomic E-state index is -3.67. The number of rotatable bonds is 6. The smallest absolute Gasteiger partial charge is 0.271 e. The molecule has 2 aromatic rings. The summed E-state index contributed by atoms with van der Waals surface area (Å²) in [6.45, 7) is 3.93. The van der Waals surface area contributed by atoms with E-state index in [1.807, 2.05) is 6.92 Å². The summed E-state index contributed by atoms with van der Waals surface area (Å²) in [5.74, 6) is 0.440. The molecule has 21 heavy (non-hydrogen) atoms. The standard InChI is InChI=1S/C13H16N2O4S2/c1-3-19-12-5-4-10(7-14-12)15-21(17,18)13-6-9(2)11(8-16)20-13/h4-7,15-16H,3,8H2,1-2H3. The Morgan fingerprint density at radius 1 is 1.43 bits per heavy atom. The maximum atomic E-state index is 12.3. The SMILES string of the molecule is CCOc1ccc(NS(=O)(=O)c2cc(C)c(CO)s2)cn1. The first-order chi connectivity index (χ1) is 9.96. The highest BCUT2D eigenvalue weighted by atomic mass is 32.2. The fourth-order valence-electron chi connectivity index (χ4n) is 1.66. The Kier molecular flexibility index (Phi) is 4.81. The van der Waals surface area contributed by atoms with Gasteiger partial charge in [0.1, 0.15) is 4.21 Å². The topological polar surface area (TPSA) is 88.5 Å². The van der Waals surface area contributed by atoms with Crippen LogP contribution in [0.5, 0.6) is 5.88 Å². The Morgan fingerprint density at radius 3 is 2.71 bits per heavy atom. The number of nitrogens with zero attached hydrogens (tertiary/aromatic N) is 1.